The third kappa shape index (κ3) is 3.26. The summed E-state index contributed by atoms with van der Waals surface area (Å²) in [5, 5.41) is 20.5. The lowest BCUT2D eigenvalue weighted by Gasteiger charge is -2.21. The number of nitrogens with zero attached hydrogens (tertiary/aromatic N) is 1. The largest absolute Gasteiger partial charge is 0.480 e. The van der Waals surface area contributed by atoms with E-state index in [2.05, 4.69) is 5.32 Å². The maximum Gasteiger partial charge on any atom is 0.323 e. The maximum absolute atomic E-state index is 12.9. The van der Waals surface area contributed by atoms with E-state index in [1.54, 1.807) is 0 Å². The Kier molecular flexibility index (Phi) is 3.81. The van der Waals surface area contributed by atoms with Gasteiger partial charge in [-0.05, 0) is 31.5 Å². The number of nitriles is 1. The Morgan fingerprint density at radius 1 is 1.59 bits per heavy atom. The molecule has 5 heteroatoms. The molecule has 0 saturated heterocycles. The van der Waals surface area contributed by atoms with Gasteiger partial charge in [-0.1, -0.05) is 6.07 Å². The first kappa shape index (κ1) is 13.1. The average Bonchev–Trinajstić information content (AvgIpc) is 2.27. The summed E-state index contributed by atoms with van der Waals surface area (Å²) in [6.45, 7) is 3.23. The Morgan fingerprint density at radius 2 is 2.24 bits per heavy atom. The van der Waals surface area contributed by atoms with Gasteiger partial charge in [0.1, 0.15) is 11.4 Å². The van der Waals surface area contributed by atoms with Crippen molar-refractivity contribution in [3.63, 3.8) is 0 Å². The summed E-state index contributed by atoms with van der Waals surface area (Å²) >= 11 is 0. The second kappa shape index (κ2) is 4.93. The Bertz CT molecular complexity index is 478. The summed E-state index contributed by atoms with van der Waals surface area (Å²) in [6.07, 6.45) is 0. The topological polar surface area (TPSA) is 73.1 Å². The summed E-state index contributed by atoms with van der Waals surface area (Å²) in [6, 6.07) is 5.72. The van der Waals surface area contributed by atoms with Crippen LogP contribution in [0.4, 0.5) is 4.39 Å². The van der Waals surface area contributed by atoms with Gasteiger partial charge in [0.2, 0.25) is 0 Å². The fraction of sp³-hybridized carbons (Fsp3) is 0.333. The van der Waals surface area contributed by atoms with Crippen molar-refractivity contribution in [2.75, 3.05) is 0 Å². The van der Waals surface area contributed by atoms with Crippen LogP contribution in [0.25, 0.3) is 0 Å². The van der Waals surface area contributed by atoms with Gasteiger partial charge in [0.05, 0.1) is 11.6 Å². The average molecular weight is 236 g/mol. The molecule has 0 unspecified atom stereocenters. The molecule has 0 bridgehead atoms. The Morgan fingerprint density at radius 3 is 2.76 bits per heavy atom. The van der Waals surface area contributed by atoms with E-state index in [0.717, 1.165) is 6.07 Å². The van der Waals surface area contributed by atoms with Gasteiger partial charge in [0, 0.05) is 6.54 Å². The van der Waals surface area contributed by atoms with E-state index in [-0.39, 0.29) is 12.1 Å². The van der Waals surface area contributed by atoms with Crippen LogP contribution in [0.15, 0.2) is 18.2 Å². The molecule has 0 aliphatic carbocycles. The minimum atomic E-state index is -1.10. The Hall–Kier alpha value is -1.93. The minimum absolute atomic E-state index is 0.197. The van der Waals surface area contributed by atoms with Gasteiger partial charge in [0.25, 0.3) is 0 Å². The van der Waals surface area contributed by atoms with Gasteiger partial charge in [-0.2, -0.15) is 5.26 Å². The molecule has 4 nitrogen and oxygen atoms in total. The van der Waals surface area contributed by atoms with E-state index in [4.69, 9.17) is 10.4 Å². The zero-order valence-electron chi connectivity index (χ0n) is 9.62. The zero-order chi connectivity index (χ0) is 13.1. The fourth-order valence-corrected chi connectivity index (χ4v) is 1.20. The molecule has 2 N–H and O–H groups in total. The number of halogens is 1. The summed E-state index contributed by atoms with van der Waals surface area (Å²) in [7, 11) is 0. The van der Waals surface area contributed by atoms with Gasteiger partial charge < -0.3 is 5.11 Å². The molecule has 17 heavy (non-hydrogen) atoms. The van der Waals surface area contributed by atoms with Crippen molar-refractivity contribution >= 4 is 5.97 Å². The summed E-state index contributed by atoms with van der Waals surface area (Å²) < 4.78 is 12.9. The number of carboxylic acid groups (broad SMARTS) is 1. The maximum atomic E-state index is 12.9. The number of hydrogen-bond donors (Lipinski definition) is 2. The van der Waals surface area contributed by atoms with Gasteiger partial charge in [-0.25, -0.2) is 4.39 Å². The van der Waals surface area contributed by atoms with Crippen LogP contribution in [0.1, 0.15) is 25.0 Å². The first-order chi connectivity index (χ1) is 7.86. The molecule has 0 heterocycles. The molecule has 0 spiro atoms. The SMILES string of the molecule is CC(C)(NCc1ccc(F)cc1C#N)C(=O)O. The third-order valence-electron chi connectivity index (χ3n) is 2.45. The second-order valence-electron chi connectivity index (χ2n) is 4.20. The lowest BCUT2D eigenvalue weighted by molar-refractivity contribution is -0.143. The van der Waals surface area contributed by atoms with Gasteiger partial charge >= 0.3 is 5.97 Å². The van der Waals surface area contributed by atoms with E-state index in [9.17, 15) is 9.18 Å². The predicted octanol–water partition coefficient (Wildman–Crippen LogP) is 1.65. The predicted molar refractivity (Wildman–Crippen MR) is 59.7 cm³/mol. The van der Waals surface area contributed by atoms with E-state index in [1.165, 1.54) is 26.0 Å². The third-order valence-corrected chi connectivity index (χ3v) is 2.45. The summed E-state index contributed by atoms with van der Waals surface area (Å²) in [5.41, 5.74) is -0.317. The first-order valence-electron chi connectivity index (χ1n) is 5.04. The second-order valence-corrected chi connectivity index (χ2v) is 4.20. The number of aliphatic carboxylic acids is 1. The van der Waals surface area contributed by atoms with Crippen LogP contribution < -0.4 is 5.32 Å². The highest BCUT2D eigenvalue weighted by Gasteiger charge is 2.26. The van der Waals surface area contributed by atoms with Crippen molar-refractivity contribution in [3.05, 3.63) is 35.1 Å². The van der Waals surface area contributed by atoms with Crippen molar-refractivity contribution in [2.24, 2.45) is 0 Å². The number of benzene rings is 1. The number of carboxylic acids is 1. The van der Waals surface area contributed by atoms with Crippen molar-refractivity contribution in [3.8, 4) is 6.07 Å². The molecule has 0 saturated carbocycles. The molecule has 0 aliphatic rings. The lowest BCUT2D eigenvalue weighted by atomic mass is 10.0. The zero-order valence-corrected chi connectivity index (χ0v) is 9.62. The Labute approximate surface area is 98.7 Å². The van der Waals surface area contributed by atoms with Crippen LogP contribution in [0.3, 0.4) is 0 Å². The van der Waals surface area contributed by atoms with Crippen molar-refractivity contribution in [2.45, 2.75) is 25.9 Å². The number of rotatable bonds is 4. The molecule has 1 rings (SSSR count). The molecule has 0 amide bonds. The number of hydrogen-bond acceptors (Lipinski definition) is 3. The van der Waals surface area contributed by atoms with E-state index < -0.39 is 17.3 Å². The van der Waals surface area contributed by atoms with Crippen LogP contribution in [0.2, 0.25) is 0 Å². The Balaban J connectivity index is 2.84. The molecule has 0 aliphatic heterocycles. The van der Waals surface area contributed by atoms with Gasteiger partial charge in [-0.15, -0.1) is 0 Å². The fourth-order valence-electron chi connectivity index (χ4n) is 1.20. The summed E-state index contributed by atoms with van der Waals surface area (Å²) in [4.78, 5) is 10.9. The standard InChI is InChI=1S/C12H13FN2O2/c1-12(2,11(16)17)15-7-8-3-4-10(13)5-9(8)6-14/h3-5,15H,7H2,1-2H3,(H,16,17). The van der Waals surface area contributed by atoms with E-state index in [1.807, 2.05) is 6.07 Å². The van der Waals surface area contributed by atoms with Crippen molar-refractivity contribution < 1.29 is 14.3 Å². The highest BCUT2D eigenvalue weighted by atomic mass is 19.1. The molecule has 0 radical (unpaired) electrons. The molecule has 1 aromatic rings. The van der Waals surface area contributed by atoms with Gasteiger partial charge in [-0.3, -0.25) is 10.1 Å². The first-order valence-corrected chi connectivity index (χ1v) is 5.04. The highest BCUT2D eigenvalue weighted by Crippen LogP contribution is 2.12. The van der Waals surface area contributed by atoms with Crippen LogP contribution >= 0.6 is 0 Å². The molecule has 0 aromatic heterocycles. The van der Waals surface area contributed by atoms with Crippen molar-refractivity contribution in [1.29, 1.82) is 5.26 Å². The van der Waals surface area contributed by atoms with Crippen LogP contribution in [0, 0.1) is 17.1 Å². The number of nitrogens with one attached hydrogen (secondary N) is 1. The monoisotopic (exact) mass is 236 g/mol. The van der Waals surface area contributed by atoms with Crippen LogP contribution in [-0.4, -0.2) is 16.6 Å². The number of carbonyl (C=O) groups is 1. The molecule has 0 fully saturated rings. The summed E-state index contributed by atoms with van der Waals surface area (Å²) in [5.74, 6) is -1.47. The lowest BCUT2D eigenvalue weighted by Crippen LogP contribution is -2.46. The van der Waals surface area contributed by atoms with Crippen molar-refractivity contribution in [1.82, 2.24) is 5.32 Å². The smallest absolute Gasteiger partial charge is 0.323 e. The highest BCUT2D eigenvalue weighted by molar-refractivity contribution is 5.77. The van der Waals surface area contributed by atoms with E-state index in [0.29, 0.717) is 5.56 Å². The van der Waals surface area contributed by atoms with Crippen LogP contribution in [0.5, 0.6) is 0 Å². The minimum Gasteiger partial charge on any atom is -0.480 e. The molecule has 1 aromatic carbocycles. The van der Waals surface area contributed by atoms with Crippen LogP contribution in [-0.2, 0) is 11.3 Å². The quantitative estimate of drug-likeness (QED) is 0.833. The molecule has 0 atom stereocenters. The molecular formula is C12H13FN2O2. The molecular weight excluding hydrogens is 223 g/mol. The molecule has 90 valence electrons. The normalized spacial score (nSPS) is 10.9. The van der Waals surface area contributed by atoms with E-state index >= 15 is 0 Å². The van der Waals surface area contributed by atoms with Gasteiger partial charge in [0.15, 0.2) is 0 Å².